The molecule has 1 aromatic rings. The third-order valence-electron chi connectivity index (χ3n) is 5.02. The Balaban J connectivity index is 1.77. The van der Waals surface area contributed by atoms with Crippen LogP contribution >= 0.6 is 0 Å². The monoisotopic (exact) mass is 288 g/mol. The Labute approximate surface area is 126 Å². The highest BCUT2D eigenvalue weighted by molar-refractivity contribution is 5.89. The van der Waals surface area contributed by atoms with Crippen LogP contribution in [0.15, 0.2) is 18.2 Å². The summed E-state index contributed by atoms with van der Waals surface area (Å²) in [5.74, 6) is 1.65. The fourth-order valence-corrected chi connectivity index (χ4v) is 3.19. The first-order chi connectivity index (χ1) is 10.2. The Hall–Kier alpha value is -1.55. The lowest BCUT2D eigenvalue weighted by atomic mass is 9.63. The number of hydrogen-bond donors (Lipinski definition) is 2. The van der Waals surface area contributed by atoms with Crippen LogP contribution in [0.4, 0.5) is 0 Å². The van der Waals surface area contributed by atoms with E-state index >= 15 is 0 Å². The highest BCUT2D eigenvalue weighted by Crippen LogP contribution is 2.45. The van der Waals surface area contributed by atoms with Crippen molar-refractivity contribution in [1.82, 2.24) is 10.6 Å². The van der Waals surface area contributed by atoms with Crippen LogP contribution in [0.25, 0.3) is 0 Å². The molecule has 4 heteroatoms. The maximum absolute atomic E-state index is 12.7. The molecule has 0 bridgehead atoms. The Morgan fingerprint density at radius 2 is 2.19 bits per heavy atom. The van der Waals surface area contributed by atoms with E-state index in [1.807, 2.05) is 13.0 Å². The highest BCUT2D eigenvalue weighted by atomic mass is 16.5. The molecule has 114 valence electrons. The van der Waals surface area contributed by atoms with E-state index in [0.717, 1.165) is 55.8 Å². The van der Waals surface area contributed by atoms with Gasteiger partial charge in [-0.05, 0) is 37.0 Å². The van der Waals surface area contributed by atoms with E-state index in [1.54, 1.807) is 7.11 Å². The van der Waals surface area contributed by atoms with Crippen molar-refractivity contribution >= 4 is 5.91 Å². The van der Waals surface area contributed by atoms with E-state index in [4.69, 9.17) is 4.74 Å². The van der Waals surface area contributed by atoms with E-state index in [2.05, 4.69) is 22.8 Å². The van der Waals surface area contributed by atoms with Crippen molar-refractivity contribution in [3.8, 4) is 5.75 Å². The Kier molecular flexibility index (Phi) is 3.89. The lowest BCUT2D eigenvalue weighted by Crippen LogP contribution is -2.54. The second-order valence-corrected chi connectivity index (χ2v) is 6.35. The van der Waals surface area contributed by atoms with Gasteiger partial charge in [0, 0.05) is 25.6 Å². The van der Waals surface area contributed by atoms with Gasteiger partial charge >= 0.3 is 0 Å². The Morgan fingerprint density at radius 3 is 2.71 bits per heavy atom. The van der Waals surface area contributed by atoms with E-state index < -0.39 is 0 Å². The van der Waals surface area contributed by atoms with Gasteiger partial charge in [0.1, 0.15) is 5.75 Å². The molecule has 1 heterocycles. The topological polar surface area (TPSA) is 50.4 Å². The number of carbonyl (C=O) groups excluding carboxylic acids is 1. The van der Waals surface area contributed by atoms with Crippen molar-refractivity contribution in [2.24, 2.45) is 5.92 Å². The molecule has 1 saturated heterocycles. The quantitative estimate of drug-likeness (QED) is 0.868. The largest absolute Gasteiger partial charge is 0.496 e. The lowest BCUT2D eigenvalue weighted by Gasteiger charge is -2.41. The fraction of sp³-hybridized carbons (Fsp3) is 0.588. The number of hydrogen-bond acceptors (Lipinski definition) is 3. The van der Waals surface area contributed by atoms with Gasteiger partial charge in [0.05, 0.1) is 12.5 Å². The zero-order chi connectivity index (χ0) is 14.9. The summed E-state index contributed by atoms with van der Waals surface area (Å²) in [6.07, 6.45) is 3.00. The summed E-state index contributed by atoms with van der Waals surface area (Å²) >= 11 is 0. The zero-order valence-corrected chi connectivity index (χ0v) is 12.9. The molecule has 1 aliphatic carbocycles. The van der Waals surface area contributed by atoms with Crippen LogP contribution in [0, 0.1) is 12.8 Å². The molecule has 2 aliphatic rings. The molecule has 1 aromatic carbocycles. The number of ether oxygens (including phenoxy) is 1. The van der Waals surface area contributed by atoms with Gasteiger partial charge in [0.15, 0.2) is 0 Å². The first-order valence-electron chi connectivity index (χ1n) is 7.80. The van der Waals surface area contributed by atoms with Gasteiger partial charge < -0.3 is 15.4 Å². The van der Waals surface area contributed by atoms with Crippen LogP contribution in [-0.2, 0) is 10.2 Å². The summed E-state index contributed by atoms with van der Waals surface area (Å²) in [5.41, 5.74) is 1.87. The molecule has 3 rings (SSSR count). The summed E-state index contributed by atoms with van der Waals surface area (Å²) in [6.45, 7) is 4.85. The minimum absolute atomic E-state index is 0.187. The molecular weight excluding hydrogens is 264 g/mol. The van der Waals surface area contributed by atoms with Crippen molar-refractivity contribution in [2.45, 2.75) is 31.6 Å². The smallest absolute Gasteiger partial charge is 0.230 e. The highest BCUT2D eigenvalue weighted by Gasteiger charge is 2.45. The van der Waals surface area contributed by atoms with E-state index in [9.17, 15) is 4.79 Å². The number of nitrogens with one attached hydrogen (secondary N) is 2. The van der Waals surface area contributed by atoms with Crippen LogP contribution < -0.4 is 15.4 Å². The molecule has 2 N–H and O–H groups in total. The average Bonchev–Trinajstić information content (AvgIpc) is 2.37. The van der Waals surface area contributed by atoms with Gasteiger partial charge in [-0.2, -0.15) is 0 Å². The van der Waals surface area contributed by atoms with Crippen LogP contribution in [0.2, 0.25) is 0 Å². The molecule has 0 spiro atoms. The molecule has 0 atom stereocenters. The molecule has 21 heavy (non-hydrogen) atoms. The van der Waals surface area contributed by atoms with Gasteiger partial charge in [0.2, 0.25) is 5.91 Å². The summed E-state index contributed by atoms with van der Waals surface area (Å²) in [4.78, 5) is 12.7. The first-order valence-corrected chi connectivity index (χ1v) is 7.80. The van der Waals surface area contributed by atoms with E-state index in [-0.39, 0.29) is 11.3 Å². The van der Waals surface area contributed by atoms with Gasteiger partial charge in [-0.1, -0.05) is 18.6 Å². The molecule has 1 aliphatic heterocycles. The standard InChI is InChI=1S/C17H24N2O2/c1-12-4-5-14(8-15(12)21-2)17(6-3-7-17)16(20)19-11-13-9-18-10-13/h4-5,8,13,18H,3,6-7,9-11H2,1-2H3,(H,19,20). The maximum Gasteiger partial charge on any atom is 0.230 e. The summed E-state index contributed by atoms with van der Waals surface area (Å²) in [7, 11) is 1.68. The van der Waals surface area contributed by atoms with Gasteiger partial charge in [0.25, 0.3) is 0 Å². The average molecular weight is 288 g/mol. The number of methoxy groups -OCH3 is 1. The molecule has 0 unspecified atom stereocenters. The second-order valence-electron chi connectivity index (χ2n) is 6.35. The Bertz CT molecular complexity index is 534. The fourth-order valence-electron chi connectivity index (χ4n) is 3.19. The van der Waals surface area contributed by atoms with Gasteiger partial charge in [-0.3, -0.25) is 4.79 Å². The molecule has 1 amide bonds. The van der Waals surface area contributed by atoms with Crippen molar-refractivity contribution in [2.75, 3.05) is 26.7 Å². The number of amides is 1. The minimum Gasteiger partial charge on any atom is -0.496 e. The predicted molar refractivity (Wildman–Crippen MR) is 82.6 cm³/mol. The van der Waals surface area contributed by atoms with Crippen LogP contribution in [0.1, 0.15) is 30.4 Å². The minimum atomic E-state index is -0.335. The van der Waals surface area contributed by atoms with Gasteiger partial charge in [-0.25, -0.2) is 0 Å². The van der Waals surface area contributed by atoms with Gasteiger partial charge in [-0.15, -0.1) is 0 Å². The normalized spacial score (nSPS) is 20.3. The molecule has 4 nitrogen and oxygen atoms in total. The van der Waals surface area contributed by atoms with Crippen LogP contribution in [-0.4, -0.2) is 32.7 Å². The van der Waals surface area contributed by atoms with Crippen molar-refractivity contribution in [3.63, 3.8) is 0 Å². The number of carbonyl (C=O) groups is 1. The van der Waals surface area contributed by atoms with Crippen molar-refractivity contribution in [1.29, 1.82) is 0 Å². The molecule has 2 fully saturated rings. The molecule has 0 radical (unpaired) electrons. The van der Waals surface area contributed by atoms with E-state index in [1.165, 1.54) is 0 Å². The number of benzene rings is 1. The lowest BCUT2D eigenvalue weighted by molar-refractivity contribution is -0.130. The van der Waals surface area contributed by atoms with Crippen molar-refractivity contribution in [3.05, 3.63) is 29.3 Å². The molecular formula is C17H24N2O2. The van der Waals surface area contributed by atoms with Crippen LogP contribution in [0.3, 0.4) is 0 Å². The first kappa shape index (κ1) is 14.4. The number of rotatable bonds is 5. The summed E-state index contributed by atoms with van der Waals surface area (Å²) < 4.78 is 5.41. The summed E-state index contributed by atoms with van der Waals surface area (Å²) in [6, 6.07) is 6.18. The third kappa shape index (κ3) is 2.53. The zero-order valence-electron chi connectivity index (χ0n) is 12.9. The van der Waals surface area contributed by atoms with Crippen LogP contribution in [0.5, 0.6) is 5.75 Å². The third-order valence-corrected chi connectivity index (χ3v) is 5.02. The summed E-state index contributed by atoms with van der Waals surface area (Å²) in [5, 5.41) is 6.40. The second kappa shape index (κ2) is 5.68. The van der Waals surface area contributed by atoms with E-state index in [0.29, 0.717) is 5.92 Å². The van der Waals surface area contributed by atoms with Crippen molar-refractivity contribution < 1.29 is 9.53 Å². The maximum atomic E-state index is 12.7. The Morgan fingerprint density at radius 1 is 1.43 bits per heavy atom. The molecule has 0 aromatic heterocycles. The number of aryl methyl sites for hydroxylation is 1. The molecule has 1 saturated carbocycles. The SMILES string of the molecule is COc1cc(C2(C(=O)NCC3CNC3)CCC2)ccc1C. The predicted octanol–water partition coefficient (Wildman–Crippen LogP) is 1.76.